The van der Waals surface area contributed by atoms with Gasteiger partial charge in [-0.25, -0.2) is 0 Å². The maximum absolute atomic E-state index is 12.2. The number of hydrogen-bond acceptors (Lipinski definition) is 6. The van der Waals surface area contributed by atoms with Crippen LogP contribution in [0.1, 0.15) is 18.5 Å². The minimum absolute atomic E-state index is 0.0859. The summed E-state index contributed by atoms with van der Waals surface area (Å²) in [6.07, 6.45) is 1.35. The number of hydrogen-bond donors (Lipinski definition) is 3. The van der Waals surface area contributed by atoms with Crippen LogP contribution in [-0.2, 0) is 4.79 Å². The summed E-state index contributed by atoms with van der Waals surface area (Å²) in [4.78, 5) is 13.8. The fourth-order valence-corrected chi connectivity index (χ4v) is 2.07. The van der Waals surface area contributed by atoms with Crippen molar-refractivity contribution in [2.45, 2.75) is 13.0 Å². The van der Waals surface area contributed by atoms with Crippen molar-refractivity contribution in [1.82, 2.24) is 10.2 Å². The molecule has 0 spiro atoms. The van der Waals surface area contributed by atoms with Crippen molar-refractivity contribution in [2.75, 3.05) is 33.4 Å². The van der Waals surface area contributed by atoms with E-state index in [4.69, 9.17) is 14.9 Å². The van der Waals surface area contributed by atoms with Crippen molar-refractivity contribution < 1.29 is 19.7 Å². The number of carbonyl (C=O) groups excluding carboxylic acids is 1. The molecule has 0 aliphatic carbocycles. The molecule has 0 aliphatic rings. The van der Waals surface area contributed by atoms with E-state index in [-0.39, 0.29) is 37.9 Å². The summed E-state index contributed by atoms with van der Waals surface area (Å²) in [5, 5.41) is 29.9. The van der Waals surface area contributed by atoms with Crippen molar-refractivity contribution in [3.8, 4) is 11.8 Å². The molecule has 1 amide bonds. The molecule has 1 aromatic carbocycles. The Morgan fingerprint density at radius 1 is 1.33 bits per heavy atom. The molecule has 7 nitrogen and oxygen atoms in total. The maximum atomic E-state index is 12.2. The summed E-state index contributed by atoms with van der Waals surface area (Å²) in [5.74, 6) is 0.209. The van der Waals surface area contributed by atoms with Gasteiger partial charge in [0.1, 0.15) is 17.4 Å². The van der Waals surface area contributed by atoms with Crippen molar-refractivity contribution >= 4 is 5.91 Å². The number of carbonyl (C=O) groups is 1. The number of nitrogens with one attached hydrogen (secondary N) is 1. The highest BCUT2D eigenvalue weighted by Gasteiger charge is 2.15. The van der Waals surface area contributed by atoms with Crippen LogP contribution >= 0.6 is 0 Å². The molecule has 7 heteroatoms. The van der Waals surface area contributed by atoms with Gasteiger partial charge in [-0.1, -0.05) is 12.1 Å². The molecule has 0 radical (unpaired) electrons. The van der Waals surface area contributed by atoms with Crippen LogP contribution in [-0.4, -0.2) is 54.4 Å². The quantitative estimate of drug-likeness (QED) is 0.450. The molecular weight excluding hydrogens is 310 g/mol. The van der Waals surface area contributed by atoms with Gasteiger partial charge in [-0.2, -0.15) is 5.26 Å². The Bertz CT molecular complexity index is 587. The van der Waals surface area contributed by atoms with Crippen LogP contribution in [0.15, 0.2) is 36.0 Å². The first kappa shape index (κ1) is 19.5. The number of nitriles is 1. The predicted molar refractivity (Wildman–Crippen MR) is 89.0 cm³/mol. The topological polar surface area (TPSA) is 106 Å². The van der Waals surface area contributed by atoms with E-state index in [0.717, 1.165) is 11.3 Å². The maximum Gasteiger partial charge on any atom is 0.263 e. The zero-order valence-electron chi connectivity index (χ0n) is 13.9. The molecule has 1 atom stereocenters. The van der Waals surface area contributed by atoms with Gasteiger partial charge in [0.05, 0.1) is 26.4 Å². The molecule has 24 heavy (non-hydrogen) atoms. The Morgan fingerprint density at radius 2 is 1.92 bits per heavy atom. The lowest BCUT2D eigenvalue weighted by Crippen LogP contribution is -2.30. The van der Waals surface area contributed by atoms with Gasteiger partial charge in [0.2, 0.25) is 0 Å². The minimum Gasteiger partial charge on any atom is -0.497 e. The zero-order valence-corrected chi connectivity index (χ0v) is 13.9. The van der Waals surface area contributed by atoms with Gasteiger partial charge in [-0.15, -0.1) is 0 Å². The molecule has 0 saturated heterocycles. The van der Waals surface area contributed by atoms with E-state index in [1.54, 1.807) is 19.2 Å². The van der Waals surface area contributed by atoms with Crippen molar-refractivity contribution in [3.05, 3.63) is 41.6 Å². The lowest BCUT2D eigenvalue weighted by atomic mass is 10.1. The molecule has 0 fully saturated rings. The van der Waals surface area contributed by atoms with Crippen LogP contribution in [0.3, 0.4) is 0 Å². The van der Waals surface area contributed by atoms with E-state index in [2.05, 4.69) is 5.32 Å². The fraction of sp³-hybridized carbons (Fsp3) is 0.412. The Kier molecular flexibility index (Phi) is 8.33. The number of aliphatic hydroxyl groups is 2. The van der Waals surface area contributed by atoms with Crippen LogP contribution in [0.25, 0.3) is 0 Å². The third kappa shape index (κ3) is 5.91. The van der Waals surface area contributed by atoms with E-state index in [1.165, 1.54) is 11.1 Å². The number of methoxy groups -OCH3 is 1. The number of nitrogens with zero attached hydrogens (tertiary/aromatic N) is 2. The molecule has 0 bridgehead atoms. The first-order chi connectivity index (χ1) is 11.5. The number of ether oxygens (including phenoxy) is 1. The summed E-state index contributed by atoms with van der Waals surface area (Å²) in [5.41, 5.74) is 0.793. The van der Waals surface area contributed by atoms with E-state index in [1.807, 2.05) is 25.1 Å². The second-order valence-corrected chi connectivity index (χ2v) is 5.11. The fourth-order valence-electron chi connectivity index (χ4n) is 2.07. The third-order valence-electron chi connectivity index (χ3n) is 3.41. The molecule has 3 N–H and O–H groups in total. The smallest absolute Gasteiger partial charge is 0.263 e. The average molecular weight is 333 g/mol. The molecular formula is C17H23N3O4. The standard InChI is InChI=1S/C17H23N3O4/c1-13(14-3-5-16(24-2)6-4-14)19-17(23)15(11-18)12-20(7-9-21)8-10-22/h3-6,12-13,21-22H,7-10H2,1-2H3,(H,19,23)/b15-12-. The van der Waals surface area contributed by atoms with Gasteiger partial charge >= 0.3 is 0 Å². The lowest BCUT2D eigenvalue weighted by molar-refractivity contribution is -0.117. The molecule has 0 aromatic heterocycles. The Morgan fingerprint density at radius 3 is 2.38 bits per heavy atom. The third-order valence-corrected chi connectivity index (χ3v) is 3.41. The largest absolute Gasteiger partial charge is 0.497 e. The first-order valence-electron chi connectivity index (χ1n) is 7.58. The Balaban J connectivity index is 2.79. The highest BCUT2D eigenvalue weighted by Crippen LogP contribution is 2.17. The number of rotatable bonds is 9. The second-order valence-electron chi connectivity index (χ2n) is 5.11. The molecule has 1 rings (SSSR count). The summed E-state index contributed by atoms with van der Waals surface area (Å²) >= 11 is 0. The molecule has 0 saturated carbocycles. The van der Waals surface area contributed by atoms with Crippen LogP contribution in [0.5, 0.6) is 5.75 Å². The van der Waals surface area contributed by atoms with Crippen LogP contribution in [0, 0.1) is 11.3 Å². The number of benzene rings is 1. The highest BCUT2D eigenvalue weighted by atomic mass is 16.5. The van der Waals surface area contributed by atoms with Crippen molar-refractivity contribution in [1.29, 1.82) is 5.26 Å². The first-order valence-corrected chi connectivity index (χ1v) is 7.58. The predicted octanol–water partition coefficient (Wildman–Crippen LogP) is 0.566. The summed E-state index contributed by atoms with van der Waals surface area (Å²) < 4.78 is 5.09. The van der Waals surface area contributed by atoms with Crippen molar-refractivity contribution in [2.24, 2.45) is 0 Å². The van der Waals surface area contributed by atoms with Crippen LogP contribution in [0.2, 0.25) is 0 Å². The van der Waals surface area contributed by atoms with E-state index in [9.17, 15) is 10.1 Å². The SMILES string of the molecule is COc1ccc(C(C)NC(=O)/C(C#N)=C\N(CCO)CCO)cc1. The zero-order chi connectivity index (χ0) is 17.9. The number of aliphatic hydroxyl groups excluding tert-OH is 2. The van der Waals surface area contributed by atoms with E-state index >= 15 is 0 Å². The van der Waals surface area contributed by atoms with Gasteiger partial charge in [0, 0.05) is 19.3 Å². The number of amides is 1. The highest BCUT2D eigenvalue weighted by molar-refractivity contribution is 5.97. The Hall–Kier alpha value is -2.56. The molecule has 0 heterocycles. The molecule has 130 valence electrons. The van der Waals surface area contributed by atoms with Gasteiger partial charge in [-0.3, -0.25) is 4.79 Å². The Labute approximate surface area is 141 Å². The monoisotopic (exact) mass is 333 g/mol. The van der Waals surface area contributed by atoms with Gasteiger partial charge in [-0.05, 0) is 24.6 Å². The van der Waals surface area contributed by atoms with Gasteiger partial charge in [0.15, 0.2) is 0 Å². The van der Waals surface area contributed by atoms with Gasteiger partial charge in [0.25, 0.3) is 5.91 Å². The molecule has 1 aromatic rings. The molecule has 1 unspecified atom stereocenters. The normalized spacial score (nSPS) is 12.2. The van der Waals surface area contributed by atoms with E-state index in [0.29, 0.717) is 0 Å². The summed E-state index contributed by atoms with van der Waals surface area (Å²) in [6.45, 7) is 1.99. The van der Waals surface area contributed by atoms with Gasteiger partial charge < -0.3 is 25.2 Å². The molecule has 0 aliphatic heterocycles. The van der Waals surface area contributed by atoms with Crippen LogP contribution < -0.4 is 10.1 Å². The summed E-state index contributed by atoms with van der Waals surface area (Å²) in [6, 6.07) is 8.82. The average Bonchev–Trinajstić information content (AvgIpc) is 2.59. The van der Waals surface area contributed by atoms with Crippen LogP contribution in [0.4, 0.5) is 0 Å². The summed E-state index contributed by atoms with van der Waals surface area (Å²) in [7, 11) is 1.58. The second kappa shape index (κ2) is 10.3. The lowest BCUT2D eigenvalue weighted by Gasteiger charge is -2.19. The van der Waals surface area contributed by atoms with E-state index < -0.39 is 5.91 Å². The van der Waals surface area contributed by atoms with Crippen molar-refractivity contribution in [3.63, 3.8) is 0 Å². The minimum atomic E-state index is -0.512.